The van der Waals surface area contributed by atoms with Crippen LogP contribution in [-0.4, -0.2) is 58.3 Å². The molecule has 1 atom stereocenters. The summed E-state index contributed by atoms with van der Waals surface area (Å²) in [5.41, 5.74) is 0.453. The summed E-state index contributed by atoms with van der Waals surface area (Å²) in [6.07, 6.45) is 3.85. The van der Waals surface area contributed by atoms with Crippen molar-refractivity contribution in [3.63, 3.8) is 0 Å². The van der Waals surface area contributed by atoms with E-state index in [4.69, 9.17) is 4.74 Å². The van der Waals surface area contributed by atoms with E-state index in [1.807, 2.05) is 11.2 Å². The highest BCUT2D eigenvalue weighted by Gasteiger charge is 2.25. The molecule has 6 nitrogen and oxygen atoms in total. The van der Waals surface area contributed by atoms with Crippen LogP contribution in [0.4, 0.5) is 0 Å². The molecule has 2 rings (SSSR count). The van der Waals surface area contributed by atoms with Crippen LogP contribution in [-0.2, 0) is 14.8 Å². The Morgan fingerprint density at radius 3 is 2.62 bits per heavy atom. The first-order valence-corrected chi connectivity index (χ1v) is 11.5. The molecule has 1 saturated heterocycles. The molecule has 1 heterocycles. The summed E-state index contributed by atoms with van der Waals surface area (Å²) in [5.74, 6) is 0.528. The molecule has 0 aliphatic carbocycles. The maximum absolute atomic E-state index is 13.0. The molecule has 146 valence electrons. The zero-order valence-electron chi connectivity index (χ0n) is 15.8. The summed E-state index contributed by atoms with van der Waals surface area (Å²) < 4.78 is 32.8. The summed E-state index contributed by atoms with van der Waals surface area (Å²) in [6, 6.07) is 4.39. The van der Waals surface area contributed by atoms with Gasteiger partial charge in [0.2, 0.25) is 10.0 Å². The van der Waals surface area contributed by atoms with Gasteiger partial charge in [-0.25, -0.2) is 13.1 Å². The Kier molecular flexibility index (Phi) is 7.52. The van der Waals surface area contributed by atoms with Crippen LogP contribution in [0.2, 0.25) is 0 Å². The van der Waals surface area contributed by atoms with Crippen molar-refractivity contribution in [2.24, 2.45) is 5.92 Å². The number of hydrogen-bond donors (Lipinski definition) is 1. The van der Waals surface area contributed by atoms with Crippen LogP contribution in [0.5, 0.6) is 0 Å². The molecule has 26 heavy (non-hydrogen) atoms. The number of benzene rings is 1. The van der Waals surface area contributed by atoms with Gasteiger partial charge >= 0.3 is 0 Å². The maximum Gasteiger partial charge on any atom is 0.255 e. The minimum Gasteiger partial charge on any atom is -0.383 e. The van der Waals surface area contributed by atoms with E-state index in [9.17, 15) is 13.2 Å². The molecule has 1 N–H and O–H groups in total. The van der Waals surface area contributed by atoms with Crippen molar-refractivity contribution in [1.29, 1.82) is 0 Å². The highest BCUT2D eigenvalue weighted by Crippen LogP contribution is 2.27. The second-order valence-corrected chi connectivity index (χ2v) is 9.38. The number of carbonyl (C=O) groups is 1. The number of carbonyl (C=O) groups excluding carboxylic acids is 1. The highest BCUT2D eigenvalue weighted by molar-refractivity contribution is 7.98. The van der Waals surface area contributed by atoms with Gasteiger partial charge < -0.3 is 9.64 Å². The molecule has 1 aromatic carbocycles. The number of nitrogens with one attached hydrogen (secondary N) is 1. The quantitative estimate of drug-likeness (QED) is 0.712. The first-order chi connectivity index (χ1) is 12.3. The van der Waals surface area contributed by atoms with Gasteiger partial charge in [-0.05, 0) is 50.1 Å². The molecule has 0 aromatic heterocycles. The van der Waals surface area contributed by atoms with Gasteiger partial charge in [-0.3, -0.25) is 4.79 Å². The van der Waals surface area contributed by atoms with Crippen LogP contribution in [0.15, 0.2) is 28.0 Å². The largest absolute Gasteiger partial charge is 0.383 e. The zero-order valence-corrected chi connectivity index (χ0v) is 17.5. The predicted octanol–water partition coefficient (Wildman–Crippen LogP) is 2.59. The molecule has 8 heteroatoms. The molecule has 0 radical (unpaired) electrons. The molecule has 1 fully saturated rings. The number of rotatable bonds is 7. The molecule has 1 aromatic rings. The number of hydrogen-bond acceptors (Lipinski definition) is 5. The van der Waals surface area contributed by atoms with Crippen molar-refractivity contribution in [2.45, 2.75) is 42.5 Å². The number of sulfonamides is 1. The Labute approximate surface area is 160 Å². The Morgan fingerprint density at radius 1 is 1.38 bits per heavy atom. The lowest BCUT2D eigenvalue weighted by Gasteiger charge is -2.31. The van der Waals surface area contributed by atoms with E-state index in [1.54, 1.807) is 19.1 Å². The molecular weight excluding hydrogens is 372 g/mol. The second kappa shape index (κ2) is 9.21. The van der Waals surface area contributed by atoms with Crippen LogP contribution in [0, 0.1) is 5.92 Å². The number of thioether (sulfide) groups is 1. The van der Waals surface area contributed by atoms with Gasteiger partial charge in [-0.15, -0.1) is 11.8 Å². The van der Waals surface area contributed by atoms with Gasteiger partial charge in [-0.2, -0.15) is 0 Å². The Bertz CT molecular complexity index is 729. The van der Waals surface area contributed by atoms with Gasteiger partial charge in [0.1, 0.15) is 0 Å². The first kappa shape index (κ1) is 21.2. The van der Waals surface area contributed by atoms with Crippen molar-refractivity contribution in [1.82, 2.24) is 9.62 Å². The third-order valence-corrected chi connectivity index (χ3v) is 6.94. The number of amides is 1. The molecule has 0 saturated carbocycles. The minimum atomic E-state index is -3.71. The fraction of sp³-hybridized carbons (Fsp3) is 0.611. The van der Waals surface area contributed by atoms with Gasteiger partial charge in [-0.1, -0.05) is 6.92 Å². The van der Waals surface area contributed by atoms with Crippen LogP contribution >= 0.6 is 11.8 Å². The summed E-state index contributed by atoms with van der Waals surface area (Å²) in [4.78, 5) is 15.7. The fourth-order valence-electron chi connectivity index (χ4n) is 3.02. The molecule has 0 bridgehead atoms. The maximum atomic E-state index is 13.0. The van der Waals surface area contributed by atoms with Gasteiger partial charge in [0.05, 0.1) is 17.1 Å². The van der Waals surface area contributed by atoms with Crippen LogP contribution in [0.3, 0.4) is 0 Å². The summed E-state index contributed by atoms with van der Waals surface area (Å²) in [5, 5.41) is 0. The molecule has 1 aliphatic heterocycles. The van der Waals surface area contributed by atoms with E-state index in [2.05, 4.69) is 11.6 Å². The number of ether oxygens (including phenoxy) is 1. The normalized spacial score (nSPS) is 17.3. The minimum absolute atomic E-state index is 0.0942. The van der Waals surface area contributed by atoms with E-state index in [0.29, 0.717) is 24.6 Å². The number of methoxy groups -OCH3 is 1. The molecule has 0 spiro atoms. The van der Waals surface area contributed by atoms with Crippen molar-refractivity contribution in [3.8, 4) is 0 Å². The number of likely N-dealkylation sites (tertiary alicyclic amines) is 1. The lowest BCUT2D eigenvalue weighted by atomic mass is 9.98. The van der Waals surface area contributed by atoms with Crippen LogP contribution in [0.25, 0.3) is 0 Å². The summed E-state index contributed by atoms with van der Waals surface area (Å²) in [7, 11) is -2.19. The Morgan fingerprint density at radius 2 is 2.04 bits per heavy atom. The zero-order chi connectivity index (χ0) is 19.3. The topological polar surface area (TPSA) is 75.7 Å². The van der Waals surface area contributed by atoms with E-state index >= 15 is 0 Å². The van der Waals surface area contributed by atoms with E-state index in [-0.39, 0.29) is 23.5 Å². The molecule has 1 aliphatic rings. The smallest absolute Gasteiger partial charge is 0.255 e. The lowest BCUT2D eigenvalue weighted by Crippen LogP contribution is -2.38. The molecular formula is C18H28N2O4S2. The van der Waals surface area contributed by atoms with Crippen molar-refractivity contribution in [3.05, 3.63) is 23.8 Å². The van der Waals surface area contributed by atoms with E-state index in [1.165, 1.54) is 24.9 Å². The lowest BCUT2D eigenvalue weighted by molar-refractivity contribution is 0.0693. The monoisotopic (exact) mass is 400 g/mol. The average molecular weight is 401 g/mol. The van der Waals surface area contributed by atoms with Gasteiger partial charge in [0.25, 0.3) is 5.91 Å². The second-order valence-electron chi connectivity index (χ2n) is 6.81. The summed E-state index contributed by atoms with van der Waals surface area (Å²) >= 11 is 1.45. The van der Waals surface area contributed by atoms with Crippen LogP contribution in [0.1, 0.15) is 37.0 Å². The molecule has 1 unspecified atom stereocenters. The third-order valence-electron chi connectivity index (χ3n) is 4.56. The highest BCUT2D eigenvalue weighted by atomic mass is 32.2. The predicted molar refractivity (Wildman–Crippen MR) is 104 cm³/mol. The van der Waals surface area contributed by atoms with Crippen LogP contribution < -0.4 is 4.72 Å². The fourth-order valence-corrected chi connectivity index (χ4v) is 4.84. The molecule has 1 amide bonds. The number of piperidine rings is 1. The average Bonchev–Trinajstić information content (AvgIpc) is 2.61. The van der Waals surface area contributed by atoms with Gasteiger partial charge in [0.15, 0.2) is 0 Å². The summed E-state index contributed by atoms with van der Waals surface area (Å²) in [6.45, 7) is 5.63. The van der Waals surface area contributed by atoms with Crippen molar-refractivity contribution >= 4 is 27.7 Å². The SMILES string of the molecule is COCC(C)NS(=O)(=O)c1ccc(SC)c(C(=O)N2CCC(C)CC2)c1. The first-order valence-electron chi connectivity index (χ1n) is 8.77. The number of nitrogens with zero attached hydrogens (tertiary/aromatic N) is 1. The van der Waals surface area contributed by atoms with E-state index in [0.717, 1.165) is 17.7 Å². The van der Waals surface area contributed by atoms with E-state index < -0.39 is 10.0 Å². The third kappa shape index (κ3) is 5.22. The van der Waals surface area contributed by atoms with Crippen molar-refractivity contribution < 1.29 is 17.9 Å². The standard InChI is InChI=1S/C18H28N2O4S2/c1-13-7-9-20(10-8-13)18(21)16-11-15(5-6-17(16)25-4)26(22,23)19-14(2)12-24-3/h5-6,11,13-14,19H,7-10,12H2,1-4H3. The van der Waals surface area contributed by atoms with Gasteiger partial charge in [0, 0.05) is 31.1 Å². The van der Waals surface area contributed by atoms with Crippen molar-refractivity contribution in [2.75, 3.05) is 33.1 Å². The Hall–Kier alpha value is -1.09. The Balaban J connectivity index is 2.29.